The first-order valence-corrected chi connectivity index (χ1v) is 7.81. The van der Waals surface area contributed by atoms with Gasteiger partial charge in [0.25, 0.3) is 0 Å². The summed E-state index contributed by atoms with van der Waals surface area (Å²) in [7, 11) is 3.19. The van der Waals surface area contributed by atoms with Crippen LogP contribution < -0.4 is 14.8 Å². The van der Waals surface area contributed by atoms with Crippen LogP contribution in [0.2, 0.25) is 0 Å². The molecule has 0 bridgehead atoms. The first-order valence-electron chi connectivity index (χ1n) is 7.81. The van der Waals surface area contributed by atoms with E-state index in [1.54, 1.807) is 26.4 Å². The lowest BCUT2D eigenvalue weighted by Gasteiger charge is -2.42. The van der Waals surface area contributed by atoms with Crippen molar-refractivity contribution in [1.82, 2.24) is 0 Å². The molecule has 0 atom stereocenters. The van der Waals surface area contributed by atoms with Crippen LogP contribution in [-0.4, -0.2) is 31.1 Å². The van der Waals surface area contributed by atoms with Crippen LogP contribution in [0.15, 0.2) is 18.2 Å². The number of quaternary nitrogens is 1. The van der Waals surface area contributed by atoms with Gasteiger partial charge in [0.15, 0.2) is 17.3 Å². The molecule has 122 valence electrons. The number of piperidine rings is 1. The Bertz CT molecular complexity index is 547. The van der Waals surface area contributed by atoms with E-state index in [4.69, 9.17) is 9.47 Å². The van der Waals surface area contributed by atoms with Crippen LogP contribution in [0, 0.1) is 5.92 Å². The van der Waals surface area contributed by atoms with Gasteiger partial charge in [0.2, 0.25) is 0 Å². The van der Waals surface area contributed by atoms with Crippen LogP contribution >= 0.6 is 0 Å². The number of ketones is 1. The molecule has 0 saturated carbocycles. The summed E-state index contributed by atoms with van der Waals surface area (Å²) >= 11 is 0. The summed E-state index contributed by atoms with van der Waals surface area (Å²) in [6.45, 7) is 8.84. The Morgan fingerprint density at radius 3 is 2.09 bits per heavy atom. The van der Waals surface area contributed by atoms with Gasteiger partial charge in [0, 0.05) is 24.3 Å². The Hall–Kier alpha value is -1.55. The largest absolute Gasteiger partial charge is 0.493 e. The molecule has 1 aromatic carbocycles. The summed E-state index contributed by atoms with van der Waals surface area (Å²) in [6.07, 6.45) is 1.78. The predicted molar refractivity (Wildman–Crippen MR) is 86.7 cm³/mol. The summed E-state index contributed by atoms with van der Waals surface area (Å²) in [5.41, 5.74) is 0.869. The zero-order valence-corrected chi connectivity index (χ0v) is 14.5. The van der Waals surface area contributed by atoms with Crippen molar-refractivity contribution < 1.29 is 19.6 Å². The number of hydrogen-bond acceptors (Lipinski definition) is 3. The fraction of sp³-hybridized carbons (Fsp3) is 0.611. The van der Waals surface area contributed by atoms with Crippen molar-refractivity contribution in [2.75, 3.05) is 14.2 Å². The van der Waals surface area contributed by atoms with Crippen LogP contribution in [0.1, 0.15) is 50.9 Å². The summed E-state index contributed by atoms with van der Waals surface area (Å²) in [4.78, 5) is 12.9. The summed E-state index contributed by atoms with van der Waals surface area (Å²) in [5, 5.41) is 2.39. The number of carbonyl (C=O) groups is 1. The number of carbonyl (C=O) groups excluding carboxylic acids is 1. The molecule has 2 N–H and O–H groups in total. The number of Topliss-reactive ketones (excluding diaryl/α,β-unsaturated/α-hetero) is 1. The van der Waals surface area contributed by atoms with Crippen molar-refractivity contribution in [2.24, 2.45) is 5.92 Å². The second-order valence-electron chi connectivity index (χ2n) is 7.66. The maximum Gasteiger partial charge on any atom is 0.166 e. The van der Waals surface area contributed by atoms with E-state index in [9.17, 15) is 4.79 Å². The minimum atomic E-state index is 0.0492. The number of rotatable bonds is 4. The van der Waals surface area contributed by atoms with Crippen molar-refractivity contribution in [3.63, 3.8) is 0 Å². The third-order valence-electron chi connectivity index (χ3n) is 4.37. The molecule has 4 nitrogen and oxygen atoms in total. The minimum absolute atomic E-state index is 0.0492. The number of benzene rings is 1. The number of hydrogen-bond donors (Lipinski definition) is 1. The fourth-order valence-electron chi connectivity index (χ4n) is 3.93. The van der Waals surface area contributed by atoms with Crippen LogP contribution in [0.5, 0.6) is 11.5 Å². The molecule has 1 aromatic rings. The lowest BCUT2D eigenvalue weighted by Crippen LogP contribution is -3.05. The third-order valence-corrected chi connectivity index (χ3v) is 4.37. The molecule has 1 aliphatic heterocycles. The Morgan fingerprint density at radius 2 is 1.59 bits per heavy atom. The smallest absolute Gasteiger partial charge is 0.166 e. The first-order chi connectivity index (χ1) is 10.2. The molecule has 0 amide bonds. The van der Waals surface area contributed by atoms with E-state index in [0.717, 1.165) is 12.8 Å². The van der Waals surface area contributed by atoms with Crippen molar-refractivity contribution in [1.29, 1.82) is 0 Å². The molecule has 0 aliphatic carbocycles. The summed E-state index contributed by atoms with van der Waals surface area (Å²) in [5.74, 6) is 1.51. The first kappa shape index (κ1) is 16.8. The van der Waals surface area contributed by atoms with E-state index in [1.807, 2.05) is 6.07 Å². The molecule has 0 spiro atoms. The number of nitrogens with two attached hydrogens (primary N) is 1. The Kier molecular flexibility index (Phi) is 4.52. The van der Waals surface area contributed by atoms with Gasteiger partial charge >= 0.3 is 0 Å². The van der Waals surface area contributed by atoms with E-state index < -0.39 is 0 Å². The van der Waals surface area contributed by atoms with E-state index in [1.165, 1.54) is 0 Å². The van der Waals surface area contributed by atoms with Gasteiger partial charge in [-0.15, -0.1) is 0 Å². The summed E-state index contributed by atoms with van der Waals surface area (Å²) in [6, 6.07) is 5.43. The molecule has 1 fully saturated rings. The highest BCUT2D eigenvalue weighted by molar-refractivity contribution is 5.98. The van der Waals surface area contributed by atoms with Crippen LogP contribution in [-0.2, 0) is 0 Å². The second-order valence-corrected chi connectivity index (χ2v) is 7.66. The average molecular weight is 306 g/mol. The molecule has 1 heterocycles. The highest BCUT2D eigenvalue weighted by Crippen LogP contribution is 2.33. The number of methoxy groups -OCH3 is 2. The topological polar surface area (TPSA) is 52.1 Å². The SMILES string of the molecule is COc1ccc(C(=O)C2CC(C)(C)[NH2+]C(C)(C)C2)cc1OC. The Balaban J connectivity index is 2.27. The van der Waals surface area contributed by atoms with Crippen LogP contribution in [0.25, 0.3) is 0 Å². The van der Waals surface area contributed by atoms with Gasteiger partial charge < -0.3 is 14.8 Å². The Morgan fingerprint density at radius 1 is 1.05 bits per heavy atom. The fourth-order valence-corrected chi connectivity index (χ4v) is 3.93. The molecule has 1 aliphatic rings. The number of ether oxygens (including phenoxy) is 2. The van der Waals surface area contributed by atoms with Gasteiger partial charge in [-0.2, -0.15) is 0 Å². The van der Waals surface area contributed by atoms with Crippen molar-refractivity contribution in [2.45, 2.75) is 51.6 Å². The molecule has 22 heavy (non-hydrogen) atoms. The van der Waals surface area contributed by atoms with Gasteiger partial charge in [-0.05, 0) is 45.9 Å². The maximum atomic E-state index is 12.9. The highest BCUT2D eigenvalue weighted by Gasteiger charge is 2.44. The highest BCUT2D eigenvalue weighted by atomic mass is 16.5. The van der Waals surface area contributed by atoms with Gasteiger partial charge in [-0.1, -0.05) is 0 Å². The van der Waals surface area contributed by atoms with Crippen LogP contribution in [0.4, 0.5) is 0 Å². The van der Waals surface area contributed by atoms with Gasteiger partial charge in [-0.25, -0.2) is 0 Å². The molecule has 2 rings (SSSR count). The van der Waals surface area contributed by atoms with Crippen molar-refractivity contribution in [3.05, 3.63) is 23.8 Å². The monoisotopic (exact) mass is 306 g/mol. The lowest BCUT2D eigenvalue weighted by molar-refractivity contribution is -0.788. The normalized spacial score (nSPS) is 20.5. The lowest BCUT2D eigenvalue weighted by atomic mass is 9.73. The maximum absolute atomic E-state index is 12.9. The molecular weight excluding hydrogens is 278 g/mol. The molecule has 1 saturated heterocycles. The molecular formula is C18H28NO3+. The standard InChI is InChI=1S/C18H27NO3/c1-17(2)10-13(11-18(3,4)19-17)16(20)12-7-8-14(21-5)15(9-12)22-6/h7-9,13,19H,10-11H2,1-6H3/p+1. The second kappa shape index (κ2) is 5.92. The average Bonchev–Trinajstić information content (AvgIpc) is 2.42. The van der Waals surface area contributed by atoms with E-state index in [0.29, 0.717) is 17.1 Å². The molecule has 0 unspecified atom stereocenters. The summed E-state index contributed by atoms with van der Waals surface area (Å²) < 4.78 is 10.6. The molecule has 0 aromatic heterocycles. The zero-order chi connectivity index (χ0) is 16.5. The van der Waals surface area contributed by atoms with Gasteiger partial charge in [0.1, 0.15) is 0 Å². The third kappa shape index (κ3) is 3.61. The van der Waals surface area contributed by atoms with E-state index in [2.05, 4.69) is 33.0 Å². The zero-order valence-electron chi connectivity index (χ0n) is 14.5. The minimum Gasteiger partial charge on any atom is -0.493 e. The van der Waals surface area contributed by atoms with Crippen molar-refractivity contribution in [3.8, 4) is 11.5 Å². The van der Waals surface area contributed by atoms with E-state index >= 15 is 0 Å². The van der Waals surface area contributed by atoms with E-state index in [-0.39, 0.29) is 22.8 Å². The Labute approximate surface area is 133 Å². The molecule has 4 heteroatoms. The van der Waals surface area contributed by atoms with Gasteiger partial charge in [0.05, 0.1) is 25.3 Å². The van der Waals surface area contributed by atoms with Gasteiger partial charge in [-0.3, -0.25) is 4.79 Å². The van der Waals surface area contributed by atoms with Crippen molar-refractivity contribution >= 4 is 5.78 Å². The van der Waals surface area contributed by atoms with Crippen LogP contribution in [0.3, 0.4) is 0 Å². The predicted octanol–water partition coefficient (Wildman–Crippen LogP) is 2.42. The molecule has 0 radical (unpaired) electrons. The quantitative estimate of drug-likeness (QED) is 0.869.